The van der Waals surface area contributed by atoms with Crippen molar-refractivity contribution in [1.29, 1.82) is 0 Å². The van der Waals surface area contributed by atoms with Crippen LogP contribution in [0.15, 0.2) is 24.3 Å². The molecule has 0 aliphatic carbocycles. The Kier molecular flexibility index (Phi) is 5.65. The van der Waals surface area contributed by atoms with Crippen molar-refractivity contribution in [2.75, 3.05) is 13.2 Å². The van der Waals surface area contributed by atoms with Crippen LogP contribution in [0.3, 0.4) is 0 Å². The summed E-state index contributed by atoms with van der Waals surface area (Å²) in [6.45, 7) is 0.803. The van der Waals surface area contributed by atoms with Crippen molar-refractivity contribution in [3.63, 3.8) is 0 Å². The number of nitrogens with one attached hydrogen (secondary N) is 1. The van der Waals surface area contributed by atoms with E-state index < -0.39 is 12.5 Å². The zero-order valence-electron chi connectivity index (χ0n) is 12.0. The van der Waals surface area contributed by atoms with E-state index in [1.807, 2.05) is 0 Å². The summed E-state index contributed by atoms with van der Waals surface area (Å²) in [5.41, 5.74) is 0.393. The van der Waals surface area contributed by atoms with Gasteiger partial charge in [-0.25, -0.2) is 0 Å². The standard InChI is InChI=1S/C15H18F3NO3/c16-15(17,18)22-12-6-2-1-5-11(12)8-9-19-14(20)13-7-3-4-10-21-13/h1-2,5-6,13H,3-4,7-10H2,(H,19,20). The van der Waals surface area contributed by atoms with Gasteiger partial charge in [-0.2, -0.15) is 0 Å². The Morgan fingerprint density at radius 3 is 2.77 bits per heavy atom. The van der Waals surface area contributed by atoms with E-state index in [1.54, 1.807) is 12.1 Å². The lowest BCUT2D eigenvalue weighted by Crippen LogP contribution is -2.39. The van der Waals surface area contributed by atoms with Crippen molar-refractivity contribution in [2.24, 2.45) is 0 Å². The fraction of sp³-hybridized carbons (Fsp3) is 0.533. The number of ether oxygens (including phenoxy) is 2. The molecule has 0 radical (unpaired) electrons. The molecule has 1 saturated heterocycles. The Morgan fingerprint density at radius 2 is 2.09 bits per heavy atom. The van der Waals surface area contributed by atoms with Gasteiger partial charge in [0.2, 0.25) is 5.91 Å². The number of benzene rings is 1. The van der Waals surface area contributed by atoms with Crippen LogP contribution >= 0.6 is 0 Å². The molecule has 1 heterocycles. The number of halogens is 3. The van der Waals surface area contributed by atoms with Crippen molar-refractivity contribution >= 4 is 5.91 Å². The van der Waals surface area contributed by atoms with Crippen molar-refractivity contribution in [3.05, 3.63) is 29.8 Å². The number of amides is 1. The normalized spacial score (nSPS) is 18.8. The largest absolute Gasteiger partial charge is 0.573 e. The Balaban J connectivity index is 1.85. The second-order valence-corrected chi connectivity index (χ2v) is 5.05. The van der Waals surface area contributed by atoms with Crippen molar-refractivity contribution in [1.82, 2.24) is 5.32 Å². The van der Waals surface area contributed by atoms with Crippen molar-refractivity contribution < 1.29 is 27.4 Å². The van der Waals surface area contributed by atoms with E-state index >= 15 is 0 Å². The first kappa shape index (κ1) is 16.6. The SMILES string of the molecule is O=C(NCCc1ccccc1OC(F)(F)F)C1CCCCO1. The lowest BCUT2D eigenvalue weighted by atomic mass is 10.1. The van der Waals surface area contributed by atoms with E-state index in [2.05, 4.69) is 10.1 Å². The molecule has 122 valence electrons. The Hall–Kier alpha value is -1.76. The minimum absolute atomic E-state index is 0.214. The van der Waals surface area contributed by atoms with Gasteiger partial charge < -0.3 is 14.8 Å². The van der Waals surface area contributed by atoms with Crippen LogP contribution in [-0.4, -0.2) is 31.5 Å². The molecule has 1 unspecified atom stereocenters. The van der Waals surface area contributed by atoms with Crippen LogP contribution in [0.2, 0.25) is 0 Å². The number of carbonyl (C=O) groups excluding carboxylic acids is 1. The fourth-order valence-corrected chi connectivity index (χ4v) is 2.32. The molecule has 0 spiro atoms. The van der Waals surface area contributed by atoms with Gasteiger partial charge in [0.05, 0.1) is 0 Å². The van der Waals surface area contributed by atoms with Crippen LogP contribution in [0.25, 0.3) is 0 Å². The van der Waals surface area contributed by atoms with Gasteiger partial charge >= 0.3 is 6.36 Å². The van der Waals surface area contributed by atoms with Gasteiger partial charge in [0.1, 0.15) is 11.9 Å². The number of rotatable bonds is 5. The topological polar surface area (TPSA) is 47.6 Å². The highest BCUT2D eigenvalue weighted by atomic mass is 19.4. The highest BCUT2D eigenvalue weighted by Gasteiger charge is 2.32. The predicted molar refractivity (Wildman–Crippen MR) is 73.4 cm³/mol. The van der Waals surface area contributed by atoms with E-state index in [0.29, 0.717) is 18.6 Å². The molecular weight excluding hydrogens is 299 g/mol. The molecule has 1 N–H and O–H groups in total. The molecule has 1 aliphatic heterocycles. The van der Waals surface area contributed by atoms with Gasteiger partial charge in [0.25, 0.3) is 0 Å². The zero-order chi connectivity index (χ0) is 16.0. The summed E-state index contributed by atoms with van der Waals surface area (Å²) in [5.74, 6) is -0.452. The maximum Gasteiger partial charge on any atom is 0.573 e. The average molecular weight is 317 g/mol. The summed E-state index contributed by atoms with van der Waals surface area (Å²) in [6, 6.07) is 5.91. The molecule has 4 nitrogen and oxygen atoms in total. The molecule has 1 amide bonds. The third-order valence-electron chi connectivity index (χ3n) is 3.36. The third-order valence-corrected chi connectivity index (χ3v) is 3.36. The number of alkyl halides is 3. The van der Waals surface area contributed by atoms with Gasteiger partial charge in [-0.1, -0.05) is 18.2 Å². The Labute approximate surface area is 126 Å². The lowest BCUT2D eigenvalue weighted by molar-refractivity contribution is -0.274. The number of para-hydroxylation sites is 1. The Bertz CT molecular complexity index is 499. The third kappa shape index (κ3) is 5.22. The first-order chi connectivity index (χ1) is 10.5. The molecule has 0 bridgehead atoms. The van der Waals surface area contributed by atoms with Crippen LogP contribution in [0.5, 0.6) is 5.75 Å². The second kappa shape index (κ2) is 7.49. The zero-order valence-corrected chi connectivity index (χ0v) is 12.0. The number of hydrogen-bond acceptors (Lipinski definition) is 3. The maximum atomic E-state index is 12.3. The van der Waals surface area contributed by atoms with Gasteiger partial charge in [-0.15, -0.1) is 13.2 Å². The molecule has 1 fully saturated rings. The summed E-state index contributed by atoms with van der Waals surface area (Å²) in [5, 5.41) is 2.69. The van der Waals surface area contributed by atoms with Crippen LogP contribution in [-0.2, 0) is 16.0 Å². The summed E-state index contributed by atoms with van der Waals surface area (Å²) in [7, 11) is 0. The summed E-state index contributed by atoms with van der Waals surface area (Å²) < 4.78 is 46.2. The first-order valence-electron chi connectivity index (χ1n) is 7.19. The van der Waals surface area contributed by atoms with E-state index in [1.165, 1.54) is 12.1 Å². The van der Waals surface area contributed by atoms with E-state index in [-0.39, 0.29) is 24.6 Å². The molecular formula is C15H18F3NO3. The van der Waals surface area contributed by atoms with Crippen LogP contribution in [0.1, 0.15) is 24.8 Å². The average Bonchev–Trinajstić information content (AvgIpc) is 2.48. The molecule has 0 saturated carbocycles. The van der Waals surface area contributed by atoms with Crippen LogP contribution in [0, 0.1) is 0 Å². The maximum absolute atomic E-state index is 12.3. The smallest absolute Gasteiger partial charge is 0.406 e. The van der Waals surface area contributed by atoms with Gasteiger partial charge in [-0.3, -0.25) is 4.79 Å². The van der Waals surface area contributed by atoms with E-state index in [9.17, 15) is 18.0 Å². The summed E-state index contributed by atoms with van der Waals surface area (Å²) >= 11 is 0. The highest BCUT2D eigenvalue weighted by Crippen LogP contribution is 2.26. The monoisotopic (exact) mass is 317 g/mol. The quantitative estimate of drug-likeness (QED) is 0.908. The summed E-state index contributed by atoms with van der Waals surface area (Å²) in [4.78, 5) is 11.9. The Morgan fingerprint density at radius 1 is 1.32 bits per heavy atom. The highest BCUT2D eigenvalue weighted by molar-refractivity contribution is 5.80. The van der Waals surface area contributed by atoms with E-state index in [4.69, 9.17) is 4.74 Å². The van der Waals surface area contributed by atoms with Crippen LogP contribution in [0.4, 0.5) is 13.2 Å². The van der Waals surface area contributed by atoms with Gasteiger partial charge in [0.15, 0.2) is 0 Å². The molecule has 1 atom stereocenters. The van der Waals surface area contributed by atoms with Gasteiger partial charge in [0, 0.05) is 13.2 Å². The van der Waals surface area contributed by atoms with Crippen molar-refractivity contribution in [3.8, 4) is 5.75 Å². The summed E-state index contributed by atoms with van der Waals surface area (Å²) in [6.07, 6.45) is -2.35. The molecule has 1 aromatic carbocycles. The van der Waals surface area contributed by atoms with Crippen molar-refractivity contribution in [2.45, 2.75) is 38.1 Å². The van der Waals surface area contributed by atoms with Crippen LogP contribution < -0.4 is 10.1 Å². The molecule has 0 aromatic heterocycles. The predicted octanol–water partition coefficient (Wildman–Crippen LogP) is 2.81. The van der Waals surface area contributed by atoms with Gasteiger partial charge in [-0.05, 0) is 37.3 Å². The molecule has 1 aromatic rings. The lowest BCUT2D eigenvalue weighted by Gasteiger charge is -2.21. The second-order valence-electron chi connectivity index (χ2n) is 5.05. The minimum atomic E-state index is -4.73. The number of carbonyl (C=O) groups is 1. The molecule has 1 aliphatic rings. The first-order valence-corrected chi connectivity index (χ1v) is 7.19. The molecule has 2 rings (SSSR count). The molecule has 7 heteroatoms. The fourth-order valence-electron chi connectivity index (χ4n) is 2.32. The number of hydrogen-bond donors (Lipinski definition) is 1. The van der Waals surface area contributed by atoms with E-state index in [0.717, 1.165) is 12.8 Å². The minimum Gasteiger partial charge on any atom is -0.406 e. The molecule has 22 heavy (non-hydrogen) atoms.